The van der Waals surface area contributed by atoms with E-state index in [1.54, 1.807) is 17.8 Å². The Morgan fingerprint density at radius 1 is 1.16 bits per heavy atom. The number of ether oxygens (including phenoxy) is 1. The number of aromatic nitrogens is 4. The van der Waals surface area contributed by atoms with Crippen molar-refractivity contribution in [2.24, 2.45) is 0 Å². The topological polar surface area (TPSA) is 81.9 Å². The molecule has 0 aliphatic carbocycles. The van der Waals surface area contributed by atoms with Gasteiger partial charge in [-0.25, -0.2) is 0 Å². The van der Waals surface area contributed by atoms with E-state index < -0.39 is 6.36 Å². The maximum absolute atomic E-state index is 12.4. The van der Waals surface area contributed by atoms with Crippen molar-refractivity contribution in [2.75, 3.05) is 16.8 Å². The van der Waals surface area contributed by atoms with Gasteiger partial charge in [0.05, 0.1) is 17.1 Å². The molecule has 7 nitrogen and oxygen atoms in total. The van der Waals surface area contributed by atoms with E-state index in [-0.39, 0.29) is 17.4 Å². The molecule has 0 aliphatic heterocycles. The number of benzene rings is 2. The standard InChI is InChI=1S/C19H16F3N5O2S2/c1-2-11-30-16-6-4-3-5-15(16)23-17(28)12-31-18-24-25-26-27(18)13-7-9-14(10-8-13)29-19(20,21)22/h2-10H,1,11-12H2,(H,23,28). The molecule has 0 fully saturated rings. The summed E-state index contributed by atoms with van der Waals surface area (Å²) in [5.41, 5.74) is 1.12. The summed E-state index contributed by atoms with van der Waals surface area (Å²) in [5, 5.41) is 14.4. The van der Waals surface area contributed by atoms with Gasteiger partial charge in [-0.05, 0) is 46.8 Å². The molecule has 12 heteroatoms. The van der Waals surface area contributed by atoms with E-state index in [0.717, 1.165) is 28.8 Å². The van der Waals surface area contributed by atoms with Crippen LogP contribution in [0, 0.1) is 0 Å². The summed E-state index contributed by atoms with van der Waals surface area (Å²) in [6.45, 7) is 3.69. The van der Waals surface area contributed by atoms with E-state index in [1.807, 2.05) is 24.3 Å². The Hall–Kier alpha value is -2.99. The average Bonchev–Trinajstić information content (AvgIpc) is 3.20. The molecule has 1 heterocycles. The fourth-order valence-corrected chi connectivity index (χ4v) is 3.82. The predicted molar refractivity (Wildman–Crippen MR) is 113 cm³/mol. The molecule has 1 N–H and O–H groups in total. The molecule has 0 unspecified atom stereocenters. The fourth-order valence-electron chi connectivity index (χ4n) is 2.38. The van der Waals surface area contributed by atoms with Gasteiger partial charge in [-0.15, -0.1) is 36.6 Å². The second-order valence-electron chi connectivity index (χ2n) is 5.85. The Bertz CT molecular complexity index is 1040. The second-order valence-corrected chi connectivity index (χ2v) is 7.85. The number of alkyl halides is 3. The van der Waals surface area contributed by atoms with Crippen LogP contribution in [-0.4, -0.2) is 44.0 Å². The minimum atomic E-state index is -4.77. The lowest BCUT2D eigenvalue weighted by Crippen LogP contribution is -2.17. The van der Waals surface area contributed by atoms with Gasteiger partial charge in [-0.1, -0.05) is 30.0 Å². The lowest BCUT2D eigenvalue weighted by Gasteiger charge is -2.10. The molecule has 3 aromatic rings. The SMILES string of the molecule is C=CCSc1ccccc1NC(=O)CSc1nnnn1-c1ccc(OC(F)(F)F)cc1. The zero-order chi connectivity index (χ0) is 22.3. The molecule has 162 valence electrons. The fraction of sp³-hybridized carbons (Fsp3) is 0.158. The number of anilines is 1. The average molecular weight is 467 g/mol. The van der Waals surface area contributed by atoms with Gasteiger partial charge >= 0.3 is 6.36 Å². The molecule has 2 aromatic carbocycles. The Kier molecular flexibility index (Phi) is 7.58. The van der Waals surface area contributed by atoms with Crippen molar-refractivity contribution in [1.29, 1.82) is 0 Å². The van der Waals surface area contributed by atoms with Crippen LogP contribution in [0.4, 0.5) is 18.9 Å². The molecule has 0 radical (unpaired) electrons. The minimum absolute atomic E-state index is 0.0378. The van der Waals surface area contributed by atoms with E-state index in [1.165, 1.54) is 16.8 Å². The first-order valence-electron chi connectivity index (χ1n) is 8.75. The van der Waals surface area contributed by atoms with Crippen LogP contribution in [0.15, 0.2) is 71.2 Å². The Morgan fingerprint density at radius 3 is 2.61 bits per heavy atom. The van der Waals surface area contributed by atoms with Gasteiger partial charge in [0.25, 0.3) is 0 Å². The van der Waals surface area contributed by atoms with Gasteiger partial charge in [0, 0.05) is 10.6 Å². The summed E-state index contributed by atoms with van der Waals surface area (Å²) >= 11 is 2.65. The van der Waals surface area contributed by atoms with Crippen LogP contribution in [0.3, 0.4) is 0 Å². The van der Waals surface area contributed by atoms with Crippen LogP contribution in [-0.2, 0) is 4.79 Å². The van der Waals surface area contributed by atoms with Crippen molar-refractivity contribution in [3.63, 3.8) is 0 Å². The van der Waals surface area contributed by atoms with E-state index in [0.29, 0.717) is 22.3 Å². The first-order valence-corrected chi connectivity index (χ1v) is 10.7. The van der Waals surface area contributed by atoms with Crippen molar-refractivity contribution >= 4 is 35.1 Å². The highest BCUT2D eigenvalue weighted by Gasteiger charge is 2.31. The molecule has 0 aliphatic rings. The highest BCUT2D eigenvalue weighted by atomic mass is 32.2. The van der Waals surface area contributed by atoms with Crippen molar-refractivity contribution in [2.45, 2.75) is 16.4 Å². The van der Waals surface area contributed by atoms with E-state index in [4.69, 9.17) is 0 Å². The number of amides is 1. The van der Waals surface area contributed by atoms with Crippen molar-refractivity contribution in [3.8, 4) is 11.4 Å². The van der Waals surface area contributed by atoms with Gasteiger partial charge in [0.15, 0.2) is 0 Å². The van der Waals surface area contributed by atoms with Gasteiger partial charge in [-0.2, -0.15) is 4.68 Å². The molecule has 0 atom stereocenters. The lowest BCUT2D eigenvalue weighted by molar-refractivity contribution is -0.274. The number of tetrazole rings is 1. The molecule has 0 spiro atoms. The largest absolute Gasteiger partial charge is 0.573 e. The van der Waals surface area contributed by atoms with Crippen LogP contribution < -0.4 is 10.1 Å². The van der Waals surface area contributed by atoms with Crippen molar-refractivity contribution < 1.29 is 22.7 Å². The number of para-hydroxylation sites is 1. The monoisotopic (exact) mass is 467 g/mol. The normalized spacial score (nSPS) is 11.2. The third kappa shape index (κ3) is 6.76. The number of nitrogens with zero attached hydrogens (tertiary/aromatic N) is 4. The number of carbonyl (C=O) groups is 1. The quantitative estimate of drug-likeness (QED) is 0.365. The maximum Gasteiger partial charge on any atom is 0.573 e. The first-order chi connectivity index (χ1) is 14.9. The molecule has 0 saturated carbocycles. The van der Waals surface area contributed by atoms with Crippen LogP contribution in [0.5, 0.6) is 5.75 Å². The molecule has 3 rings (SSSR count). The molecule has 31 heavy (non-hydrogen) atoms. The summed E-state index contributed by atoms with van der Waals surface area (Å²) in [6, 6.07) is 12.5. The van der Waals surface area contributed by atoms with E-state index >= 15 is 0 Å². The van der Waals surface area contributed by atoms with E-state index in [9.17, 15) is 18.0 Å². The minimum Gasteiger partial charge on any atom is -0.406 e. The van der Waals surface area contributed by atoms with Gasteiger partial charge < -0.3 is 10.1 Å². The van der Waals surface area contributed by atoms with Crippen LogP contribution in [0.2, 0.25) is 0 Å². The number of nitrogens with one attached hydrogen (secondary N) is 1. The molecule has 0 bridgehead atoms. The third-order valence-corrected chi connectivity index (χ3v) is 5.59. The van der Waals surface area contributed by atoms with Gasteiger partial charge in [-0.3, -0.25) is 4.79 Å². The Balaban J connectivity index is 1.62. The number of thioether (sulfide) groups is 2. The zero-order valence-electron chi connectivity index (χ0n) is 15.9. The zero-order valence-corrected chi connectivity index (χ0v) is 17.5. The highest BCUT2D eigenvalue weighted by Crippen LogP contribution is 2.28. The van der Waals surface area contributed by atoms with Gasteiger partial charge in [0.1, 0.15) is 5.75 Å². The van der Waals surface area contributed by atoms with Crippen molar-refractivity contribution in [3.05, 3.63) is 61.2 Å². The molecule has 1 aromatic heterocycles. The third-order valence-electron chi connectivity index (χ3n) is 3.61. The summed E-state index contributed by atoms with van der Waals surface area (Å²) in [5.74, 6) is 0.144. The first kappa shape index (κ1) is 22.7. The number of rotatable bonds is 9. The number of hydrogen-bond donors (Lipinski definition) is 1. The Labute approximate surface area is 184 Å². The van der Waals surface area contributed by atoms with Crippen LogP contribution in [0.25, 0.3) is 5.69 Å². The van der Waals surface area contributed by atoms with Crippen LogP contribution in [0.1, 0.15) is 0 Å². The summed E-state index contributed by atoms with van der Waals surface area (Å²) in [6.07, 6.45) is -2.99. The molecule has 1 amide bonds. The summed E-state index contributed by atoms with van der Waals surface area (Å²) in [4.78, 5) is 13.3. The van der Waals surface area contributed by atoms with Gasteiger partial charge in [0.2, 0.25) is 11.1 Å². The Morgan fingerprint density at radius 2 is 1.90 bits per heavy atom. The highest BCUT2D eigenvalue weighted by molar-refractivity contribution is 8.00. The number of halogens is 3. The number of carbonyl (C=O) groups excluding carboxylic acids is 1. The van der Waals surface area contributed by atoms with Crippen LogP contribution >= 0.6 is 23.5 Å². The smallest absolute Gasteiger partial charge is 0.406 e. The number of hydrogen-bond acceptors (Lipinski definition) is 7. The predicted octanol–water partition coefficient (Wildman–Crippen LogP) is 4.57. The summed E-state index contributed by atoms with van der Waals surface area (Å²) in [7, 11) is 0. The van der Waals surface area contributed by atoms with E-state index in [2.05, 4.69) is 32.2 Å². The maximum atomic E-state index is 12.4. The molecular formula is C19H16F3N5O2S2. The van der Waals surface area contributed by atoms with Crippen molar-refractivity contribution in [1.82, 2.24) is 20.2 Å². The second kappa shape index (κ2) is 10.4. The molecular weight excluding hydrogens is 451 g/mol. The molecule has 0 saturated heterocycles. The lowest BCUT2D eigenvalue weighted by atomic mass is 10.3. The summed E-state index contributed by atoms with van der Waals surface area (Å²) < 4.78 is 42.0.